The molecule has 1 heterocycles. The van der Waals surface area contributed by atoms with Gasteiger partial charge in [0.05, 0.1) is 0 Å². The molecule has 4 nitrogen and oxygen atoms in total. The number of H-pyrrole nitrogens is 1. The van der Waals surface area contributed by atoms with Crippen LogP contribution in [0.2, 0.25) is 0 Å². The largest absolute Gasteiger partial charge is 0.363 e. The molecule has 1 aromatic heterocycles. The normalized spacial score (nSPS) is 12.4. The number of hydrogen-bond acceptors (Lipinski definition) is 3. The third-order valence-electron chi connectivity index (χ3n) is 2.97. The molecule has 0 aliphatic heterocycles. The summed E-state index contributed by atoms with van der Waals surface area (Å²) >= 11 is 0. The number of benzene rings is 1. The molecule has 0 aliphatic rings. The first-order valence-corrected chi connectivity index (χ1v) is 6.49. The lowest BCUT2D eigenvalue weighted by Gasteiger charge is -2.15. The van der Waals surface area contributed by atoms with Crippen molar-refractivity contribution in [2.45, 2.75) is 32.7 Å². The Morgan fingerprint density at radius 3 is 2.47 bits per heavy atom. The van der Waals surface area contributed by atoms with Crippen molar-refractivity contribution in [2.75, 3.05) is 5.32 Å². The average Bonchev–Trinajstić information content (AvgIpc) is 2.39. The second kappa shape index (κ2) is 5.69. The molecule has 0 radical (unpaired) electrons. The maximum atomic E-state index is 11.6. The molecule has 0 saturated carbocycles. The van der Waals surface area contributed by atoms with Crippen LogP contribution in [-0.4, -0.2) is 9.97 Å². The summed E-state index contributed by atoms with van der Waals surface area (Å²) in [4.78, 5) is 18.8. The van der Waals surface area contributed by atoms with Crippen molar-refractivity contribution in [2.24, 2.45) is 0 Å². The smallest absolute Gasteiger partial charge is 0.252 e. The van der Waals surface area contributed by atoms with Crippen molar-refractivity contribution in [1.82, 2.24) is 9.97 Å². The number of nitrogens with zero attached hydrogens (tertiary/aromatic N) is 1. The van der Waals surface area contributed by atoms with Crippen molar-refractivity contribution in [3.63, 3.8) is 0 Å². The number of hydrogen-bond donors (Lipinski definition) is 2. The molecule has 1 unspecified atom stereocenters. The minimum atomic E-state index is -0.124. The van der Waals surface area contributed by atoms with Crippen molar-refractivity contribution < 1.29 is 0 Å². The van der Waals surface area contributed by atoms with Crippen LogP contribution in [0.4, 0.5) is 5.82 Å². The summed E-state index contributed by atoms with van der Waals surface area (Å²) in [6, 6.07) is 11.7. The van der Waals surface area contributed by atoms with Crippen molar-refractivity contribution >= 4 is 5.82 Å². The van der Waals surface area contributed by atoms with E-state index in [1.165, 1.54) is 6.07 Å². The van der Waals surface area contributed by atoms with Gasteiger partial charge in [0, 0.05) is 18.0 Å². The summed E-state index contributed by atoms with van der Waals surface area (Å²) in [7, 11) is 0. The van der Waals surface area contributed by atoms with E-state index < -0.39 is 0 Å². The highest BCUT2D eigenvalue weighted by atomic mass is 16.1. The van der Waals surface area contributed by atoms with E-state index in [-0.39, 0.29) is 17.5 Å². The van der Waals surface area contributed by atoms with E-state index in [4.69, 9.17) is 0 Å². The Hall–Kier alpha value is -2.10. The summed E-state index contributed by atoms with van der Waals surface area (Å²) in [5.74, 6) is 1.51. The molecule has 4 heteroatoms. The second-order valence-electron chi connectivity index (χ2n) is 4.95. The van der Waals surface area contributed by atoms with Crippen LogP contribution in [0.25, 0.3) is 0 Å². The third-order valence-corrected chi connectivity index (χ3v) is 2.97. The van der Waals surface area contributed by atoms with Crippen LogP contribution in [0.3, 0.4) is 0 Å². The number of anilines is 1. The highest BCUT2D eigenvalue weighted by molar-refractivity contribution is 5.37. The quantitative estimate of drug-likeness (QED) is 0.885. The molecule has 0 amide bonds. The summed E-state index contributed by atoms with van der Waals surface area (Å²) in [5, 5.41) is 3.26. The Kier molecular flexibility index (Phi) is 4.00. The fourth-order valence-electron chi connectivity index (χ4n) is 1.87. The van der Waals surface area contributed by atoms with Gasteiger partial charge in [0.15, 0.2) is 0 Å². The Morgan fingerprint density at radius 2 is 1.84 bits per heavy atom. The average molecular weight is 257 g/mol. The topological polar surface area (TPSA) is 57.8 Å². The van der Waals surface area contributed by atoms with Gasteiger partial charge in [-0.3, -0.25) is 4.79 Å². The lowest BCUT2D eigenvalue weighted by molar-refractivity contribution is 0.761. The van der Waals surface area contributed by atoms with E-state index in [1.807, 2.05) is 51.1 Å². The highest BCUT2D eigenvalue weighted by Crippen LogP contribution is 2.17. The van der Waals surface area contributed by atoms with Crippen LogP contribution >= 0.6 is 0 Å². The van der Waals surface area contributed by atoms with Crippen LogP contribution in [0.5, 0.6) is 0 Å². The van der Waals surface area contributed by atoms with Gasteiger partial charge in [0.2, 0.25) is 0 Å². The first-order chi connectivity index (χ1) is 9.06. The van der Waals surface area contributed by atoms with E-state index in [0.29, 0.717) is 11.6 Å². The summed E-state index contributed by atoms with van der Waals surface area (Å²) in [6.07, 6.45) is 0. The first kappa shape index (κ1) is 13.3. The van der Waals surface area contributed by atoms with Crippen molar-refractivity contribution in [1.29, 1.82) is 0 Å². The first-order valence-electron chi connectivity index (χ1n) is 6.49. The predicted octanol–water partition coefficient (Wildman–Crippen LogP) is 3.07. The van der Waals surface area contributed by atoms with Gasteiger partial charge >= 0.3 is 0 Å². The molecular formula is C15H19N3O. The van der Waals surface area contributed by atoms with Crippen LogP contribution in [0.1, 0.15) is 44.1 Å². The zero-order valence-electron chi connectivity index (χ0n) is 11.5. The second-order valence-corrected chi connectivity index (χ2v) is 4.95. The van der Waals surface area contributed by atoms with Crippen LogP contribution < -0.4 is 10.9 Å². The van der Waals surface area contributed by atoms with Gasteiger partial charge in [-0.2, -0.15) is 0 Å². The molecule has 0 spiro atoms. The van der Waals surface area contributed by atoms with Gasteiger partial charge in [0.1, 0.15) is 11.6 Å². The fraction of sp³-hybridized carbons (Fsp3) is 0.333. The fourth-order valence-corrected chi connectivity index (χ4v) is 1.87. The molecule has 2 aromatic rings. The molecule has 1 aromatic carbocycles. The zero-order chi connectivity index (χ0) is 13.8. The molecule has 19 heavy (non-hydrogen) atoms. The lowest BCUT2D eigenvalue weighted by Crippen LogP contribution is -2.16. The summed E-state index contributed by atoms with van der Waals surface area (Å²) < 4.78 is 0. The minimum Gasteiger partial charge on any atom is -0.363 e. The molecule has 0 bridgehead atoms. The molecule has 0 saturated heterocycles. The zero-order valence-corrected chi connectivity index (χ0v) is 11.5. The molecule has 1 atom stereocenters. The highest BCUT2D eigenvalue weighted by Gasteiger charge is 2.08. The lowest BCUT2D eigenvalue weighted by atomic mass is 10.1. The maximum absolute atomic E-state index is 11.6. The predicted molar refractivity (Wildman–Crippen MR) is 77.4 cm³/mol. The molecule has 0 aliphatic carbocycles. The van der Waals surface area contributed by atoms with Gasteiger partial charge in [0.25, 0.3) is 5.56 Å². The van der Waals surface area contributed by atoms with Gasteiger partial charge in [-0.25, -0.2) is 4.98 Å². The van der Waals surface area contributed by atoms with Gasteiger partial charge < -0.3 is 10.3 Å². The number of aromatic amines is 1. The molecule has 2 rings (SSSR count). The Balaban J connectivity index is 2.22. The van der Waals surface area contributed by atoms with E-state index in [0.717, 1.165) is 5.56 Å². The summed E-state index contributed by atoms with van der Waals surface area (Å²) in [6.45, 7) is 6.05. The molecular weight excluding hydrogens is 238 g/mol. The van der Waals surface area contributed by atoms with E-state index in [1.54, 1.807) is 0 Å². The minimum absolute atomic E-state index is 0.107. The van der Waals surface area contributed by atoms with Crippen molar-refractivity contribution in [3.8, 4) is 0 Å². The number of aromatic nitrogens is 2. The SMILES string of the molecule is CC(C)c1nc(NC(C)c2ccccc2)cc(=O)[nH]1. The Morgan fingerprint density at radius 1 is 1.16 bits per heavy atom. The van der Waals surface area contributed by atoms with E-state index >= 15 is 0 Å². The standard InChI is InChI=1S/C15H19N3O/c1-10(2)15-17-13(9-14(19)18-15)16-11(3)12-7-5-4-6-8-12/h4-11H,1-3H3,(H2,16,17,18,19). The van der Waals surface area contributed by atoms with Crippen LogP contribution in [-0.2, 0) is 0 Å². The van der Waals surface area contributed by atoms with E-state index in [9.17, 15) is 4.79 Å². The summed E-state index contributed by atoms with van der Waals surface area (Å²) in [5.41, 5.74) is 1.04. The molecule has 0 fully saturated rings. The maximum Gasteiger partial charge on any atom is 0.252 e. The van der Waals surface area contributed by atoms with Crippen molar-refractivity contribution in [3.05, 3.63) is 58.1 Å². The monoisotopic (exact) mass is 257 g/mol. The third kappa shape index (κ3) is 3.44. The van der Waals surface area contributed by atoms with Crippen LogP contribution in [0, 0.1) is 0 Å². The molecule has 2 N–H and O–H groups in total. The number of nitrogens with one attached hydrogen (secondary N) is 2. The van der Waals surface area contributed by atoms with E-state index in [2.05, 4.69) is 15.3 Å². The van der Waals surface area contributed by atoms with Gasteiger partial charge in [-0.1, -0.05) is 44.2 Å². The molecule has 100 valence electrons. The van der Waals surface area contributed by atoms with Crippen LogP contribution in [0.15, 0.2) is 41.2 Å². The Labute approximate surface area is 112 Å². The number of rotatable bonds is 4. The Bertz CT molecular complexity index is 590. The van der Waals surface area contributed by atoms with Gasteiger partial charge in [-0.05, 0) is 12.5 Å². The van der Waals surface area contributed by atoms with Gasteiger partial charge in [-0.15, -0.1) is 0 Å².